The van der Waals surface area contributed by atoms with Crippen molar-refractivity contribution in [3.8, 4) is 0 Å². The van der Waals surface area contributed by atoms with Gasteiger partial charge in [0.1, 0.15) is 5.92 Å². The minimum atomic E-state index is -0.745. The highest BCUT2D eigenvalue weighted by molar-refractivity contribution is 5.83. The number of hydrogen-bond donors (Lipinski definition) is 1. The van der Waals surface area contributed by atoms with Crippen LogP contribution >= 0.6 is 0 Å². The highest BCUT2D eigenvalue weighted by Crippen LogP contribution is 2.49. The van der Waals surface area contributed by atoms with Gasteiger partial charge in [0.15, 0.2) is 0 Å². The summed E-state index contributed by atoms with van der Waals surface area (Å²) in [6.07, 6.45) is 3.25. The first-order valence-electron chi connectivity index (χ1n) is 7.04. The lowest BCUT2D eigenvalue weighted by atomic mass is 9.84. The van der Waals surface area contributed by atoms with Crippen LogP contribution in [-0.2, 0) is 14.3 Å². The maximum Gasteiger partial charge on any atom is 0.311 e. The Balaban J connectivity index is 1.65. The first-order valence-corrected chi connectivity index (χ1v) is 7.04. The Kier molecular flexibility index (Phi) is 3.14. The number of carbonyl (C=O) groups excluding carboxylic acids is 2. The molecule has 3 aliphatic carbocycles. The molecule has 3 aliphatic rings. The zero-order valence-corrected chi connectivity index (χ0v) is 11.3. The molecule has 0 unspecified atom stereocenters. The predicted molar refractivity (Wildman–Crippen MR) is 67.2 cm³/mol. The van der Waals surface area contributed by atoms with Crippen molar-refractivity contribution in [1.29, 1.82) is 0 Å². The standard InChI is InChI=1S/C13H18N2O5/c1-20-13(17)10-6-2-3-7(4-6)11(10)14-12(16)8-5-9(8)15(18)19/h6-11H,2-5H2,1H3,(H,14,16)/t6-,7-,8+,9+,10+,11-/m0/s1. The van der Waals surface area contributed by atoms with E-state index < -0.39 is 16.9 Å². The van der Waals surface area contributed by atoms with Crippen LogP contribution in [0.4, 0.5) is 0 Å². The van der Waals surface area contributed by atoms with E-state index in [1.54, 1.807) is 0 Å². The van der Waals surface area contributed by atoms with E-state index in [0.717, 1.165) is 19.3 Å². The lowest BCUT2D eigenvalue weighted by molar-refractivity contribution is -0.497. The van der Waals surface area contributed by atoms with Crippen molar-refractivity contribution >= 4 is 11.9 Å². The van der Waals surface area contributed by atoms with Crippen molar-refractivity contribution in [2.45, 2.75) is 37.8 Å². The number of ether oxygens (including phenoxy) is 1. The minimum Gasteiger partial charge on any atom is -0.469 e. The summed E-state index contributed by atoms with van der Waals surface area (Å²) < 4.78 is 4.84. The molecule has 7 nitrogen and oxygen atoms in total. The molecular formula is C13H18N2O5. The Labute approximate surface area is 116 Å². The van der Waals surface area contributed by atoms with Crippen LogP contribution in [0.2, 0.25) is 0 Å². The van der Waals surface area contributed by atoms with Crippen LogP contribution in [0.3, 0.4) is 0 Å². The number of amides is 1. The molecule has 0 aromatic carbocycles. The van der Waals surface area contributed by atoms with E-state index >= 15 is 0 Å². The third-order valence-corrected chi connectivity index (χ3v) is 5.06. The summed E-state index contributed by atoms with van der Waals surface area (Å²) in [5.41, 5.74) is 0. The van der Waals surface area contributed by atoms with Crippen molar-refractivity contribution < 1.29 is 19.2 Å². The zero-order valence-electron chi connectivity index (χ0n) is 11.3. The Morgan fingerprint density at radius 2 is 1.95 bits per heavy atom. The number of esters is 1. The third-order valence-electron chi connectivity index (χ3n) is 5.06. The molecule has 1 amide bonds. The van der Waals surface area contributed by atoms with Gasteiger partial charge in [-0.2, -0.15) is 0 Å². The van der Waals surface area contributed by atoms with Gasteiger partial charge in [-0.05, 0) is 31.1 Å². The zero-order chi connectivity index (χ0) is 14.4. The Hall–Kier alpha value is -1.66. The first kappa shape index (κ1) is 13.3. The predicted octanol–water partition coefficient (Wildman–Crippen LogP) is 0.355. The highest BCUT2D eigenvalue weighted by atomic mass is 16.6. The molecule has 2 bridgehead atoms. The molecule has 3 rings (SSSR count). The van der Waals surface area contributed by atoms with Gasteiger partial charge in [0.2, 0.25) is 11.9 Å². The lowest BCUT2D eigenvalue weighted by Crippen LogP contribution is -2.48. The topological polar surface area (TPSA) is 98.5 Å². The van der Waals surface area contributed by atoms with E-state index in [-0.39, 0.29) is 29.8 Å². The first-order chi connectivity index (χ1) is 9.52. The van der Waals surface area contributed by atoms with Gasteiger partial charge in [0.05, 0.1) is 13.0 Å². The second-order valence-corrected chi connectivity index (χ2v) is 6.11. The van der Waals surface area contributed by atoms with Crippen molar-refractivity contribution in [3.05, 3.63) is 10.1 Å². The largest absolute Gasteiger partial charge is 0.469 e. The normalized spacial score (nSPS) is 41.2. The molecule has 20 heavy (non-hydrogen) atoms. The number of carbonyl (C=O) groups is 2. The molecule has 0 aromatic rings. The summed E-state index contributed by atoms with van der Waals surface area (Å²) in [5, 5.41) is 13.5. The Morgan fingerprint density at radius 3 is 2.55 bits per heavy atom. The molecule has 0 aliphatic heterocycles. The Bertz CT molecular complexity index is 466. The fourth-order valence-electron chi connectivity index (χ4n) is 3.94. The summed E-state index contributed by atoms with van der Waals surface area (Å²) in [6, 6.07) is -0.952. The molecule has 110 valence electrons. The highest BCUT2D eigenvalue weighted by Gasteiger charge is 2.57. The Morgan fingerprint density at radius 1 is 1.25 bits per heavy atom. The third kappa shape index (κ3) is 2.05. The van der Waals surface area contributed by atoms with Crippen LogP contribution in [-0.4, -0.2) is 36.0 Å². The van der Waals surface area contributed by atoms with E-state index in [9.17, 15) is 19.7 Å². The summed E-state index contributed by atoms with van der Waals surface area (Å²) in [4.78, 5) is 34.1. The lowest BCUT2D eigenvalue weighted by Gasteiger charge is -2.29. The number of rotatable bonds is 4. The van der Waals surface area contributed by atoms with Gasteiger partial charge in [0.25, 0.3) is 0 Å². The van der Waals surface area contributed by atoms with Crippen LogP contribution in [0.25, 0.3) is 0 Å². The number of methoxy groups -OCH3 is 1. The maximum absolute atomic E-state index is 12.0. The number of hydrogen-bond acceptors (Lipinski definition) is 5. The fraction of sp³-hybridized carbons (Fsp3) is 0.846. The summed E-state index contributed by atoms with van der Waals surface area (Å²) in [5.74, 6) is -0.774. The van der Waals surface area contributed by atoms with Gasteiger partial charge in [-0.3, -0.25) is 19.7 Å². The van der Waals surface area contributed by atoms with Gasteiger partial charge in [-0.25, -0.2) is 0 Å². The van der Waals surface area contributed by atoms with Crippen LogP contribution in [0.5, 0.6) is 0 Å². The molecule has 3 saturated carbocycles. The van der Waals surface area contributed by atoms with E-state index in [2.05, 4.69) is 5.32 Å². The van der Waals surface area contributed by atoms with E-state index in [1.807, 2.05) is 0 Å². The average molecular weight is 282 g/mol. The molecule has 0 saturated heterocycles. The SMILES string of the molecule is COC(=O)[C@@H]1[C@H]2CC[C@@H](C2)[C@@H]1NC(=O)[C@@H]1C[C@H]1[N+](=O)[O-]. The van der Waals surface area contributed by atoms with Gasteiger partial charge >= 0.3 is 5.97 Å². The number of nitrogens with zero attached hydrogens (tertiary/aromatic N) is 1. The van der Waals surface area contributed by atoms with Crippen molar-refractivity contribution in [1.82, 2.24) is 5.32 Å². The van der Waals surface area contributed by atoms with Crippen molar-refractivity contribution in [2.24, 2.45) is 23.7 Å². The maximum atomic E-state index is 12.0. The van der Waals surface area contributed by atoms with Crippen molar-refractivity contribution in [2.75, 3.05) is 7.11 Å². The molecule has 0 spiro atoms. The molecule has 7 heteroatoms. The number of nitrogens with one attached hydrogen (secondary N) is 1. The molecule has 3 fully saturated rings. The van der Waals surface area contributed by atoms with Crippen LogP contribution in [0, 0.1) is 33.8 Å². The summed E-state index contributed by atoms with van der Waals surface area (Å²) in [7, 11) is 1.36. The summed E-state index contributed by atoms with van der Waals surface area (Å²) >= 11 is 0. The molecule has 6 atom stereocenters. The fourth-order valence-corrected chi connectivity index (χ4v) is 3.94. The van der Waals surface area contributed by atoms with E-state index in [4.69, 9.17) is 4.74 Å². The number of fused-ring (bicyclic) bond motifs is 2. The monoisotopic (exact) mass is 282 g/mol. The molecule has 1 N–H and O–H groups in total. The second-order valence-electron chi connectivity index (χ2n) is 6.11. The second kappa shape index (κ2) is 4.71. The van der Waals surface area contributed by atoms with E-state index in [0.29, 0.717) is 12.3 Å². The number of nitro groups is 1. The average Bonchev–Trinajstić information content (AvgIpc) is 3.00. The molecule has 0 aromatic heterocycles. The quantitative estimate of drug-likeness (QED) is 0.456. The van der Waals surface area contributed by atoms with Gasteiger partial charge in [0, 0.05) is 17.4 Å². The van der Waals surface area contributed by atoms with E-state index in [1.165, 1.54) is 7.11 Å². The molecule has 0 heterocycles. The van der Waals surface area contributed by atoms with Crippen molar-refractivity contribution in [3.63, 3.8) is 0 Å². The van der Waals surface area contributed by atoms with Crippen LogP contribution in [0.1, 0.15) is 25.7 Å². The van der Waals surface area contributed by atoms with Gasteiger partial charge in [-0.1, -0.05) is 0 Å². The summed E-state index contributed by atoms with van der Waals surface area (Å²) in [6.45, 7) is 0. The van der Waals surface area contributed by atoms with Crippen LogP contribution in [0.15, 0.2) is 0 Å². The minimum absolute atomic E-state index is 0.207. The van der Waals surface area contributed by atoms with Gasteiger partial charge < -0.3 is 10.1 Å². The smallest absolute Gasteiger partial charge is 0.311 e. The van der Waals surface area contributed by atoms with Gasteiger partial charge in [-0.15, -0.1) is 0 Å². The van der Waals surface area contributed by atoms with Crippen LogP contribution < -0.4 is 5.32 Å². The molecule has 0 radical (unpaired) electrons. The molecular weight excluding hydrogens is 264 g/mol.